The van der Waals surface area contributed by atoms with Crippen LogP contribution in [0.25, 0.3) is 0 Å². The average molecular weight is 332 g/mol. The number of carbonyl (C=O) groups is 2. The molecule has 2 rings (SSSR count). The van der Waals surface area contributed by atoms with Crippen molar-refractivity contribution in [2.24, 2.45) is 5.92 Å². The number of aliphatic hydroxyl groups is 1. The molecule has 5 nitrogen and oxygen atoms in total. The second-order valence-corrected chi connectivity index (χ2v) is 7.57. The van der Waals surface area contributed by atoms with Crippen LogP contribution in [0.2, 0.25) is 0 Å². The lowest BCUT2D eigenvalue weighted by Gasteiger charge is -2.19. The molecule has 0 heterocycles. The van der Waals surface area contributed by atoms with E-state index in [4.69, 9.17) is 0 Å². The largest absolute Gasteiger partial charge is 0.393 e. The minimum atomic E-state index is -0.318. The zero-order chi connectivity index (χ0) is 17.7. The van der Waals surface area contributed by atoms with Gasteiger partial charge in [-0.05, 0) is 36.0 Å². The molecule has 1 aromatic rings. The summed E-state index contributed by atoms with van der Waals surface area (Å²) in [5.41, 5.74) is 1.74. The summed E-state index contributed by atoms with van der Waals surface area (Å²) in [6, 6.07) is 7.44. The smallest absolute Gasteiger partial charge is 0.251 e. The second-order valence-electron chi connectivity index (χ2n) is 7.57. The van der Waals surface area contributed by atoms with Gasteiger partial charge in [0.05, 0.1) is 12.6 Å². The quantitative estimate of drug-likeness (QED) is 0.771. The van der Waals surface area contributed by atoms with Gasteiger partial charge in [-0.2, -0.15) is 0 Å². The van der Waals surface area contributed by atoms with Crippen molar-refractivity contribution in [3.8, 4) is 0 Å². The van der Waals surface area contributed by atoms with Crippen LogP contribution in [0.4, 0.5) is 0 Å². The Morgan fingerprint density at radius 3 is 2.33 bits per heavy atom. The maximum Gasteiger partial charge on any atom is 0.251 e. The monoisotopic (exact) mass is 332 g/mol. The van der Waals surface area contributed by atoms with Crippen molar-refractivity contribution >= 4 is 11.8 Å². The van der Waals surface area contributed by atoms with E-state index in [1.807, 2.05) is 12.1 Å². The first-order valence-corrected chi connectivity index (χ1v) is 8.61. The molecule has 2 unspecified atom stereocenters. The van der Waals surface area contributed by atoms with Crippen molar-refractivity contribution in [1.82, 2.24) is 10.6 Å². The Hall–Kier alpha value is -1.88. The molecule has 3 N–H and O–H groups in total. The lowest BCUT2D eigenvalue weighted by Crippen LogP contribution is -2.40. The fourth-order valence-corrected chi connectivity index (χ4v) is 2.95. The zero-order valence-electron chi connectivity index (χ0n) is 14.8. The first-order chi connectivity index (χ1) is 11.3. The minimum Gasteiger partial charge on any atom is -0.393 e. The van der Waals surface area contributed by atoms with E-state index in [0.29, 0.717) is 12.1 Å². The van der Waals surface area contributed by atoms with Gasteiger partial charge in [0, 0.05) is 18.0 Å². The maximum atomic E-state index is 12.1. The molecule has 0 saturated heterocycles. The van der Waals surface area contributed by atoms with Gasteiger partial charge >= 0.3 is 0 Å². The van der Waals surface area contributed by atoms with Crippen molar-refractivity contribution in [3.05, 3.63) is 35.4 Å². The molecule has 0 radical (unpaired) electrons. The Balaban J connectivity index is 1.77. The summed E-state index contributed by atoms with van der Waals surface area (Å²) in [4.78, 5) is 23.9. The number of aliphatic hydroxyl groups excluding tert-OH is 1. The van der Waals surface area contributed by atoms with E-state index in [1.165, 1.54) is 0 Å². The molecule has 5 heteroatoms. The summed E-state index contributed by atoms with van der Waals surface area (Å²) in [6.45, 7) is 6.77. The number of amides is 2. The molecule has 132 valence electrons. The van der Waals surface area contributed by atoms with Crippen LogP contribution in [0.15, 0.2) is 24.3 Å². The van der Waals surface area contributed by atoms with Gasteiger partial charge in [0.2, 0.25) is 5.91 Å². The Kier molecular flexibility index (Phi) is 5.99. The Morgan fingerprint density at radius 2 is 1.79 bits per heavy atom. The van der Waals surface area contributed by atoms with Crippen molar-refractivity contribution in [2.45, 2.75) is 51.6 Å². The van der Waals surface area contributed by atoms with Crippen molar-refractivity contribution in [3.63, 3.8) is 0 Å². The molecule has 2 amide bonds. The summed E-state index contributed by atoms with van der Waals surface area (Å²) in [5.74, 6) is -0.352. The van der Waals surface area contributed by atoms with Crippen molar-refractivity contribution in [2.75, 3.05) is 13.1 Å². The van der Waals surface area contributed by atoms with E-state index < -0.39 is 0 Å². The molecule has 0 aliphatic heterocycles. The van der Waals surface area contributed by atoms with Gasteiger partial charge in [-0.15, -0.1) is 0 Å². The number of hydrogen-bond donors (Lipinski definition) is 3. The first kappa shape index (κ1) is 18.5. The van der Waals surface area contributed by atoms with E-state index in [1.54, 1.807) is 12.1 Å². The lowest BCUT2D eigenvalue weighted by atomic mass is 9.87. The van der Waals surface area contributed by atoms with Crippen LogP contribution in [0.1, 0.15) is 56.0 Å². The van der Waals surface area contributed by atoms with Gasteiger partial charge in [0.25, 0.3) is 5.91 Å². The standard InChI is InChI=1S/C19H28N2O3/c1-19(2,3)15-9-7-13(8-10-15)18(24)21-12-17(23)20-11-14-5-4-6-16(14)22/h7-10,14,16,22H,4-6,11-12H2,1-3H3,(H,20,23)(H,21,24). The van der Waals surface area contributed by atoms with Gasteiger partial charge in [-0.25, -0.2) is 0 Å². The normalized spacial score (nSPS) is 20.7. The second kappa shape index (κ2) is 7.79. The summed E-state index contributed by atoms with van der Waals surface area (Å²) in [6.07, 6.45) is 2.43. The third-order valence-corrected chi connectivity index (χ3v) is 4.60. The van der Waals surface area contributed by atoms with E-state index in [9.17, 15) is 14.7 Å². The maximum absolute atomic E-state index is 12.1. The van der Waals surface area contributed by atoms with Crippen molar-refractivity contribution < 1.29 is 14.7 Å². The Bertz CT molecular complexity index is 575. The number of benzene rings is 1. The minimum absolute atomic E-state index is 0.0414. The summed E-state index contributed by atoms with van der Waals surface area (Å²) in [5, 5.41) is 15.1. The fraction of sp³-hybridized carbons (Fsp3) is 0.579. The summed E-state index contributed by atoms with van der Waals surface area (Å²) in [7, 11) is 0. The lowest BCUT2D eigenvalue weighted by molar-refractivity contribution is -0.120. The van der Waals surface area contributed by atoms with E-state index in [-0.39, 0.29) is 35.8 Å². The predicted octanol–water partition coefficient (Wildman–Crippen LogP) is 1.99. The number of hydrogen-bond acceptors (Lipinski definition) is 3. The Labute approximate surface area is 143 Å². The molecular formula is C19H28N2O3. The van der Waals surface area contributed by atoms with Crippen molar-refractivity contribution in [1.29, 1.82) is 0 Å². The summed E-state index contributed by atoms with van der Waals surface area (Å²) >= 11 is 0. The zero-order valence-corrected chi connectivity index (χ0v) is 14.8. The first-order valence-electron chi connectivity index (χ1n) is 8.61. The highest BCUT2D eigenvalue weighted by Gasteiger charge is 2.25. The Morgan fingerprint density at radius 1 is 1.12 bits per heavy atom. The SMILES string of the molecule is CC(C)(C)c1ccc(C(=O)NCC(=O)NCC2CCCC2O)cc1. The van der Waals surface area contributed by atoms with Crippen LogP contribution in [0.5, 0.6) is 0 Å². The van der Waals surface area contributed by atoms with Crippen LogP contribution in [-0.4, -0.2) is 36.1 Å². The molecule has 1 aliphatic carbocycles. The predicted molar refractivity (Wildman–Crippen MR) is 93.8 cm³/mol. The van der Waals surface area contributed by atoms with Gasteiger partial charge < -0.3 is 15.7 Å². The highest BCUT2D eigenvalue weighted by Crippen LogP contribution is 2.24. The van der Waals surface area contributed by atoms with Gasteiger partial charge in [0.15, 0.2) is 0 Å². The molecule has 0 aromatic heterocycles. The topological polar surface area (TPSA) is 78.4 Å². The highest BCUT2D eigenvalue weighted by atomic mass is 16.3. The number of carbonyl (C=O) groups excluding carboxylic acids is 2. The van der Waals surface area contributed by atoms with Gasteiger partial charge in [-0.3, -0.25) is 9.59 Å². The van der Waals surface area contributed by atoms with Crippen LogP contribution in [-0.2, 0) is 10.2 Å². The van der Waals surface area contributed by atoms with Gasteiger partial charge in [-0.1, -0.05) is 39.3 Å². The molecule has 1 fully saturated rings. The van der Waals surface area contributed by atoms with Crippen LogP contribution in [0.3, 0.4) is 0 Å². The van der Waals surface area contributed by atoms with E-state index in [2.05, 4.69) is 31.4 Å². The molecule has 0 spiro atoms. The van der Waals surface area contributed by atoms with Gasteiger partial charge in [0.1, 0.15) is 0 Å². The summed E-state index contributed by atoms with van der Waals surface area (Å²) < 4.78 is 0. The van der Waals surface area contributed by atoms with E-state index >= 15 is 0 Å². The molecule has 2 atom stereocenters. The number of rotatable bonds is 5. The number of nitrogens with one attached hydrogen (secondary N) is 2. The third-order valence-electron chi connectivity index (χ3n) is 4.60. The van der Waals surface area contributed by atoms with E-state index in [0.717, 1.165) is 24.8 Å². The molecule has 1 saturated carbocycles. The molecule has 1 aromatic carbocycles. The third kappa shape index (κ3) is 5.06. The molecule has 24 heavy (non-hydrogen) atoms. The molecule has 0 bridgehead atoms. The average Bonchev–Trinajstić information content (AvgIpc) is 2.95. The molecule has 1 aliphatic rings. The van der Waals surface area contributed by atoms with Crippen LogP contribution < -0.4 is 10.6 Å². The highest BCUT2D eigenvalue weighted by molar-refractivity contribution is 5.96. The molecular weight excluding hydrogens is 304 g/mol. The van der Waals surface area contributed by atoms with Crippen LogP contribution in [0, 0.1) is 5.92 Å². The van der Waals surface area contributed by atoms with Crippen LogP contribution >= 0.6 is 0 Å². The fourth-order valence-electron chi connectivity index (χ4n) is 2.95.